The van der Waals surface area contributed by atoms with Gasteiger partial charge in [0.2, 0.25) is 0 Å². The molecule has 0 bridgehead atoms. The molecule has 2 atom stereocenters. The third-order valence-corrected chi connectivity index (χ3v) is 4.05. The van der Waals surface area contributed by atoms with E-state index in [-0.39, 0.29) is 0 Å². The van der Waals surface area contributed by atoms with Crippen molar-refractivity contribution in [3.05, 3.63) is 33.3 Å². The zero-order valence-corrected chi connectivity index (χ0v) is 13.1. The number of nitrogens with one attached hydrogen (secondary N) is 1. The van der Waals surface area contributed by atoms with Crippen LogP contribution in [0.2, 0.25) is 5.02 Å². The standard InChI is InChI=1S/C14H21BrClN/c1-4-10(3)8-14(17-5-2)12-7-6-11(16)9-13(12)15/h6-7,9-10,14,17H,4-5,8H2,1-3H3. The number of rotatable bonds is 6. The van der Waals surface area contributed by atoms with E-state index in [0.717, 1.165) is 28.4 Å². The lowest BCUT2D eigenvalue weighted by atomic mass is 9.94. The van der Waals surface area contributed by atoms with Crippen LogP contribution in [0.25, 0.3) is 0 Å². The first-order chi connectivity index (χ1) is 8.08. The summed E-state index contributed by atoms with van der Waals surface area (Å²) in [6.45, 7) is 7.67. The second-order valence-corrected chi connectivity index (χ2v) is 5.82. The molecule has 0 fully saturated rings. The second kappa shape index (κ2) is 7.40. The molecule has 1 aromatic rings. The first kappa shape index (κ1) is 15.0. The maximum absolute atomic E-state index is 5.98. The van der Waals surface area contributed by atoms with E-state index >= 15 is 0 Å². The average Bonchev–Trinajstić information content (AvgIpc) is 2.28. The van der Waals surface area contributed by atoms with E-state index in [9.17, 15) is 0 Å². The first-order valence-electron chi connectivity index (χ1n) is 6.26. The van der Waals surface area contributed by atoms with E-state index in [2.05, 4.69) is 48.1 Å². The lowest BCUT2D eigenvalue weighted by Gasteiger charge is -2.22. The molecule has 0 aromatic heterocycles. The quantitative estimate of drug-likeness (QED) is 0.761. The van der Waals surface area contributed by atoms with Crippen molar-refractivity contribution < 1.29 is 0 Å². The van der Waals surface area contributed by atoms with E-state index in [1.165, 1.54) is 12.0 Å². The molecule has 2 unspecified atom stereocenters. The van der Waals surface area contributed by atoms with Gasteiger partial charge in [-0.25, -0.2) is 0 Å². The summed E-state index contributed by atoms with van der Waals surface area (Å²) in [6.07, 6.45) is 2.37. The Kier molecular flexibility index (Phi) is 6.53. The van der Waals surface area contributed by atoms with Crippen LogP contribution in [-0.4, -0.2) is 6.54 Å². The Morgan fingerprint density at radius 1 is 1.35 bits per heavy atom. The summed E-state index contributed by atoms with van der Waals surface area (Å²) in [5.74, 6) is 0.724. The van der Waals surface area contributed by atoms with Crippen LogP contribution in [0.3, 0.4) is 0 Å². The molecular weight excluding hydrogens is 298 g/mol. The Hall–Kier alpha value is -0.0500. The molecule has 0 aliphatic carbocycles. The van der Waals surface area contributed by atoms with Gasteiger partial charge in [-0.1, -0.05) is 60.8 Å². The number of hydrogen-bond donors (Lipinski definition) is 1. The van der Waals surface area contributed by atoms with E-state index in [4.69, 9.17) is 11.6 Å². The van der Waals surface area contributed by atoms with Crippen LogP contribution in [0.1, 0.15) is 45.2 Å². The molecule has 0 amide bonds. The topological polar surface area (TPSA) is 12.0 Å². The fourth-order valence-electron chi connectivity index (χ4n) is 1.92. The van der Waals surface area contributed by atoms with Gasteiger partial charge in [0.15, 0.2) is 0 Å². The molecule has 1 N–H and O–H groups in total. The fraction of sp³-hybridized carbons (Fsp3) is 0.571. The van der Waals surface area contributed by atoms with Gasteiger partial charge in [0.1, 0.15) is 0 Å². The molecule has 0 heterocycles. The minimum absolute atomic E-state index is 0.404. The van der Waals surface area contributed by atoms with Gasteiger partial charge in [-0.15, -0.1) is 0 Å². The highest BCUT2D eigenvalue weighted by Gasteiger charge is 2.16. The van der Waals surface area contributed by atoms with Gasteiger partial charge >= 0.3 is 0 Å². The van der Waals surface area contributed by atoms with E-state index in [1.54, 1.807) is 0 Å². The average molecular weight is 319 g/mol. The van der Waals surface area contributed by atoms with E-state index in [1.807, 2.05) is 12.1 Å². The predicted octanol–water partition coefficient (Wildman–Crippen LogP) is 5.19. The van der Waals surface area contributed by atoms with Gasteiger partial charge in [-0.2, -0.15) is 0 Å². The Labute approximate surface area is 118 Å². The van der Waals surface area contributed by atoms with Crippen molar-refractivity contribution in [1.82, 2.24) is 5.32 Å². The molecule has 96 valence electrons. The largest absolute Gasteiger partial charge is 0.310 e. The van der Waals surface area contributed by atoms with Crippen molar-refractivity contribution in [3.63, 3.8) is 0 Å². The van der Waals surface area contributed by atoms with Crippen LogP contribution in [0.5, 0.6) is 0 Å². The van der Waals surface area contributed by atoms with Crippen LogP contribution >= 0.6 is 27.5 Å². The molecule has 1 rings (SSSR count). The van der Waals surface area contributed by atoms with Crippen molar-refractivity contribution >= 4 is 27.5 Å². The van der Waals surface area contributed by atoms with E-state index in [0.29, 0.717) is 6.04 Å². The van der Waals surface area contributed by atoms with Crippen LogP contribution in [0.4, 0.5) is 0 Å². The zero-order chi connectivity index (χ0) is 12.8. The minimum Gasteiger partial charge on any atom is -0.310 e. The summed E-state index contributed by atoms with van der Waals surface area (Å²) in [5.41, 5.74) is 1.30. The summed E-state index contributed by atoms with van der Waals surface area (Å²) in [7, 11) is 0. The zero-order valence-electron chi connectivity index (χ0n) is 10.8. The number of hydrogen-bond acceptors (Lipinski definition) is 1. The molecule has 17 heavy (non-hydrogen) atoms. The Morgan fingerprint density at radius 3 is 2.59 bits per heavy atom. The van der Waals surface area contributed by atoms with Crippen LogP contribution in [-0.2, 0) is 0 Å². The lowest BCUT2D eigenvalue weighted by Crippen LogP contribution is -2.23. The van der Waals surface area contributed by atoms with Gasteiger partial charge < -0.3 is 5.32 Å². The lowest BCUT2D eigenvalue weighted by molar-refractivity contribution is 0.407. The smallest absolute Gasteiger partial charge is 0.0417 e. The van der Waals surface area contributed by atoms with Gasteiger partial charge in [0.05, 0.1) is 0 Å². The van der Waals surface area contributed by atoms with Crippen molar-refractivity contribution in [2.45, 2.75) is 39.7 Å². The molecule has 1 aromatic carbocycles. The Morgan fingerprint density at radius 2 is 2.06 bits per heavy atom. The Bertz CT molecular complexity index is 354. The summed E-state index contributed by atoms with van der Waals surface area (Å²) < 4.78 is 1.10. The first-order valence-corrected chi connectivity index (χ1v) is 7.43. The molecule has 0 aliphatic rings. The monoisotopic (exact) mass is 317 g/mol. The number of halogens is 2. The molecule has 3 heteroatoms. The maximum Gasteiger partial charge on any atom is 0.0417 e. The second-order valence-electron chi connectivity index (χ2n) is 4.53. The SMILES string of the molecule is CCNC(CC(C)CC)c1ccc(Cl)cc1Br. The summed E-state index contributed by atoms with van der Waals surface area (Å²) in [4.78, 5) is 0. The normalized spacial score (nSPS) is 14.6. The van der Waals surface area contributed by atoms with E-state index < -0.39 is 0 Å². The third-order valence-electron chi connectivity index (χ3n) is 3.12. The van der Waals surface area contributed by atoms with Crippen molar-refractivity contribution in [2.24, 2.45) is 5.92 Å². The molecule has 1 nitrogen and oxygen atoms in total. The fourth-order valence-corrected chi connectivity index (χ4v) is 2.88. The minimum atomic E-state index is 0.404. The predicted molar refractivity (Wildman–Crippen MR) is 79.6 cm³/mol. The molecule has 0 radical (unpaired) electrons. The van der Waals surface area contributed by atoms with Crippen LogP contribution < -0.4 is 5.32 Å². The van der Waals surface area contributed by atoms with Crippen molar-refractivity contribution in [3.8, 4) is 0 Å². The third kappa shape index (κ3) is 4.61. The number of benzene rings is 1. The highest BCUT2D eigenvalue weighted by molar-refractivity contribution is 9.10. The summed E-state index contributed by atoms with van der Waals surface area (Å²) >= 11 is 9.59. The van der Waals surface area contributed by atoms with Gasteiger partial charge in [-0.05, 0) is 36.6 Å². The molecule has 0 spiro atoms. The van der Waals surface area contributed by atoms with Crippen molar-refractivity contribution in [2.75, 3.05) is 6.54 Å². The van der Waals surface area contributed by atoms with Gasteiger partial charge in [-0.3, -0.25) is 0 Å². The van der Waals surface area contributed by atoms with Crippen LogP contribution in [0.15, 0.2) is 22.7 Å². The highest BCUT2D eigenvalue weighted by atomic mass is 79.9. The maximum atomic E-state index is 5.98. The van der Waals surface area contributed by atoms with Crippen LogP contribution in [0, 0.1) is 5.92 Å². The van der Waals surface area contributed by atoms with Gasteiger partial charge in [0, 0.05) is 15.5 Å². The highest BCUT2D eigenvalue weighted by Crippen LogP contribution is 2.30. The summed E-state index contributed by atoms with van der Waals surface area (Å²) in [5, 5.41) is 4.33. The molecule has 0 saturated heterocycles. The summed E-state index contributed by atoms with van der Waals surface area (Å²) in [6, 6.07) is 6.45. The Balaban J connectivity index is 2.88. The molecule has 0 saturated carbocycles. The molecule has 0 aliphatic heterocycles. The molecular formula is C14H21BrClN. The van der Waals surface area contributed by atoms with Gasteiger partial charge in [0.25, 0.3) is 0 Å². The van der Waals surface area contributed by atoms with Crippen molar-refractivity contribution in [1.29, 1.82) is 0 Å².